The molecule has 0 amide bonds. The van der Waals surface area contributed by atoms with Gasteiger partial charge in [0.1, 0.15) is 12.2 Å². The smallest absolute Gasteiger partial charge is 0.138 e. The van der Waals surface area contributed by atoms with Crippen molar-refractivity contribution in [1.82, 2.24) is 20.1 Å². The highest BCUT2D eigenvalue weighted by atomic mass is 32.2. The molecule has 104 valence electrons. The highest BCUT2D eigenvalue weighted by Gasteiger charge is 2.14. The molecule has 0 aliphatic rings. The van der Waals surface area contributed by atoms with Crippen molar-refractivity contribution in [3.05, 3.63) is 12.2 Å². The fourth-order valence-corrected chi connectivity index (χ4v) is 2.94. The Hall–Kier alpha value is -0.550. The van der Waals surface area contributed by atoms with Gasteiger partial charge in [-0.25, -0.2) is 9.67 Å². The van der Waals surface area contributed by atoms with Crippen LogP contribution in [0.4, 0.5) is 0 Å². The van der Waals surface area contributed by atoms with Crippen LogP contribution in [0, 0.1) is 5.92 Å². The molecule has 0 bridgehead atoms. The van der Waals surface area contributed by atoms with E-state index in [1.807, 2.05) is 23.5 Å². The second-order valence-corrected chi connectivity index (χ2v) is 6.41. The molecule has 0 aromatic carbocycles. The Balaban J connectivity index is 2.49. The van der Waals surface area contributed by atoms with Crippen LogP contribution in [-0.4, -0.2) is 39.4 Å². The van der Waals surface area contributed by atoms with Crippen molar-refractivity contribution in [2.45, 2.75) is 46.2 Å². The van der Waals surface area contributed by atoms with Crippen molar-refractivity contribution in [2.24, 2.45) is 5.92 Å². The predicted molar refractivity (Wildman–Crippen MR) is 79.1 cm³/mol. The zero-order chi connectivity index (χ0) is 13.5. The lowest BCUT2D eigenvalue weighted by Crippen LogP contribution is -2.31. The van der Waals surface area contributed by atoms with Crippen molar-refractivity contribution >= 4 is 11.8 Å². The zero-order valence-corrected chi connectivity index (χ0v) is 13.0. The molecule has 0 aliphatic carbocycles. The first kappa shape index (κ1) is 15.5. The quantitative estimate of drug-likeness (QED) is 0.787. The van der Waals surface area contributed by atoms with Crippen LogP contribution in [0.5, 0.6) is 0 Å². The van der Waals surface area contributed by atoms with Gasteiger partial charge in [-0.1, -0.05) is 13.8 Å². The zero-order valence-electron chi connectivity index (χ0n) is 12.2. The minimum atomic E-state index is 0.378. The van der Waals surface area contributed by atoms with E-state index in [2.05, 4.69) is 43.1 Å². The van der Waals surface area contributed by atoms with Gasteiger partial charge in [0.25, 0.3) is 0 Å². The molecule has 0 radical (unpaired) electrons. The number of likely N-dealkylation sites (N-methyl/N-ethyl adjacent to an activating group) is 1. The molecular formula is C13H26N4S. The van der Waals surface area contributed by atoms with E-state index in [0.717, 1.165) is 23.9 Å². The first-order valence-corrected chi connectivity index (χ1v) is 7.83. The summed E-state index contributed by atoms with van der Waals surface area (Å²) in [6.07, 6.45) is 2.60. The SMILES string of the molecule is CNC(CSCC(C)C)Cc1ncnn1C(C)C. The van der Waals surface area contributed by atoms with E-state index in [1.54, 1.807) is 6.33 Å². The minimum Gasteiger partial charge on any atom is -0.316 e. The number of nitrogens with zero attached hydrogens (tertiary/aromatic N) is 3. The van der Waals surface area contributed by atoms with E-state index >= 15 is 0 Å². The first-order chi connectivity index (χ1) is 8.54. The van der Waals surface area contributed by atoms with Crippen LogP contribution in [0.15, 0.2) is 6.33 Å². The summed E-state index contributed by atoms with van der Waals surface area (Å²) in [6, 6.07) is 0.846. The van der Waals surface area contributed by atoms with Crippen LogP contribution in [0.2, 0.25) is 0 Å². The predicted octanol–water partition coefficient (Wildman–Crippen LogP) is 2.38. The van der Waals surface area contributed by atoms with E-state index in [0.29, 0.717) is 12.1 Å². The van der Waals surface area contributed by atoms with Crippen LogP contribution >= 0.6 is 11.8 Å². The molecule has 0 aliphatic heterocycles. The highest BCUT2D eigenvalue weighted by molar-refractivity contribution is 7.99. The van der Waals surface area contributed by atoms with Gasteiger partial charge >= 0.3 is 0 Å². The third kappa shape index (κ3) is 4.98. The molecule has 1 aromatic heterocycles. The summed E-state index contributed by atoms with van der Waals surface area (Å²) < 4.78 is 2.01. The monoisotopic (exact) mass is 270 g/mol. The van der Waals surface area contributed by atoms with E-state index in [9.17, 15) is 0 Å². The molecule has 1 heterocycles. The second kappa shape index (κ2) is 7.79. The maximum absolute atomic E-state index is 4.37. The van der Waals surface area contributed by atoms with Gasteiger partial charge in [-0.05, 0) is 32.6 Å². The Labute approximate surface area is 115 Å². The standard InChI is InChI=1S/C13H26N4S/c1-10(2)7-18-8-12(14-5)6-13-15-9-16-17(13)11(3)4/h9-12,14H,6-8H2,1-5H3. The summed E-state index contributed by atoms with van der Waals surface area (Å²) in [5, 5.41) is 7.66. The third-order valence-electron chi connectivity index (χ3n) is 2.74. The molecule has 0 saturated heterocycles. The Morgan fingerprint density at radius 3 is 2.56 bits per heavy atom. The van der Waals surface area contributed by atoms with Gasteiger partial charge in [-0.3, -0.25) is 0 Å². The average molecular weight is 270 g/mol. The molecule has 0 saturated carbocycles. The summed E-state index contributed by atoms with van der Waals surface area (Å²) in [7, 11) is 2.02. The van der Waals surface area contributed by atoms with Gasteiger partial charge in [0.2, 0.25) is 0 Å². The number of hydrogen-bond acceptors (Lipinski definition) is 4. The molecule has 1 N–H and O–H groups in total. The molecule has 0 fully saturated rings. The van der Waals surface area contributed by atoms with Gasteiger partial charge in [0, 0.05) is 24.3 Å². The molecule has 1 rings (SSSR count). The van der Waals surface area contributed by atoms with Crippen molar-refractivity contribution in [3.8, 4) is 0 Å². The Morgan fingerprint density at radius 2 is 2.00 bits per heavy atom. The summed E-state index contributed by atoms with van der Waals surface area (Å²) in [4.78, 5) is 4.37. The van der Waals surface area contributed by atoms with Crippen molar-refractivity contribution in [2.75, 3.05) is 18.6 Å². The van der Waals surface area contributed by atoms with E-state index in [4.69, 9.17) is 0 Å². The summed E-state index contributed by atoms with van der Waals surface area (Å²) in [6.45, 7) is 8.80. The number of aromatic nitrogens is 3. The molecule has 0 spiro atoms. The average Bonchev–Trinajstić information content (AvgIpc) is 2.75. The van der Waals surface area contributed by atoms with E-state index in [-0.39, 0.29) is 0 Å². The van der Waals surface area contributed by atoms with E-state index in [1.165, 1.54) is 5.75 Å². The fourth-order valence-electron chi connectivity index (χ4n) is 1.76. The van der Waals surface area contributed by atoms with Gasteiger partial charge < -0.3 is 5.32 Å². The maximum Gasteiger partial charge on any atom is 0.138 e. The summed E-state index contributed by atoms with van der Waals surface area (Å²) in [5.74, 6) is 4.18. The number of hydrogen-bond donors (Lipinski definition) is 1. The van der Waals surface area contributed by atoms with Gasteiger partial charge in [-0.2, -0.15) is 16.9 Å². The van der Waals surface area contributed by atoms with Crippen LogP contribution in [0.25, 0.3) is 0 Å². The third-order valence-corrected chi connectivity index (χ3v) is 4.28. The maximum atomic E-state index is 4.37. The lowest BCUT2D eigenvalue weighted by atomic mass is 10.2. The topological polar surface area (TPSA) is 42.7 Å². The molecule has 1 aromatic rings. The molecule has 4 nitrogen and oxygen atoms in total. The molecule has 1 unspecified atom stereocenters. The summed E-state index contributed by atoms with van der Waals surface area (Å²) in [5.41, 5.74) is 0. The van der Waals surface area contributed by atoms with Crippen LogP contribution in [0.3, 0.4) is 0 Å². The van der Waals surface area contributed by atoms with Gasteiger partial charge in [-0.15, -0.1) is 0 Å². The number of rotatable bonds is 8. The van der Waals surface area contributed by atoms with Gasteiger partial charge in [0.05, 0.1) is 0 Å². The molecule has 18 heavy (non-hydrogen) atoms. The van der Waals surface area contributed by atoms with E-state index < -0.39 is 0 Å². The molecule has 5 heteroatoms. The number of nitrogens with one attached hydrogen (secondary N) is 1. The fraction of sp³-hybridized carbons (Fsp3) is 0.846. The Bertz CT molecular complexity index is 335. The normalized spacial score (nSPS) is 13.5. The minimum absolute atomic E-state index is 0.378. The second-order valence-electron chi connectivity index (χ2n) is 5.34. The van der Waals surface area contributed by atoms with Crippen LogP contribution in [0.1, 0.15) is 39.6 Å². The lowest BCUT2D eigenvalue weighted by molar-refractivity contribution is 0.484. The first-order valence-electron chi connectivity index (χ1n) is 6.68. The largest absolute Gasteiger partial charge is 0.316 e. The lowest BCUT2D eigenvalue weighted by Gasteiger charge is -2.17. The van der Waals surface area contributed by atoms with Crippen molar-refractivity contribution in [1.29, 1.82) is 0 Å². The molecular weight excluding hydrogens is 244 g/mol. The van der Waals surface area contributed by atoms with Crippen molar-refractivity contribution < 1.29 is 0 Å². The highest BCUT2D eigenvalue weighted by Crippen LogP contribution is 2.13. The number of thioether (sulfide) groups is 1. The van der Waals surface area contributed by atoms with Crippen LogP contribution in [-0.2, 0) is 6.42 Å². The Morgan fingerprint density at radius 1 is 1.28 bits per heavy atom. The summed E-state index contributed by atoms with van der Waals surface area (Å²) >= 11 is 2.01. The van der Waals surface area contributed by atoms with Crippen molar-refractivity contribution in [3.63, 3.8) is 0 Å². The van der Waals surface area contributed by atoms with Crippen LogP contribution < -0.4 is 5.32 Å². The molecule has 1 atom stereocenters. The van der Waals surface area contributed by atoms with Gasteiger partial charge in [0.15, 0.2) is 0 Å². The Kier molecular flexibility index (Phi) is 6.71.